The maximum atomic E-state index is 12.0. The average Bonchev–Trinajstić information content (AvgIpc) is 3.66. The van der Waals surface area contributed by atoms with Crippen LogP contribution in [0.5, 0.6) is 0 Å². The molecule has 184 valence electrons. The second kappa shape index (κ2) is 9.75. The molecule has 10 nitrogen and oxygen atoms in total. The molecule has 1 saturated heterocycles. The number of nitrogens with one attached hydrogen (secondary N) is 3. The van der Waals surface area contributed by atoms with E-state index in [2.05, 4.69) is 42.4 Å². The van der Waals surface area contributed by atoms with Crippen LogP contribution < -0.4 is 15.5 Å². The Hall–Kier alpha value is -3.70. The van der Waals surface area contributed by atoms with Gasteiger partial charge in [0.1, 0.15) is 0 Å². The largest absolute Gasteiger partial charge is 0.338 e. The van der Waals surface area contributed by atoms with Gasteiger partial charge in [-0.15, -0.1) is 0 Å². The Kier molecular flexibility index (Phi) is 6.16. The van der Waals surface area contributed by atoms with Crippen molar-refractivity contribution in [1.82, 2.24) is 29.8 Å². The monoisotopic (exact) mass is 501 g/mol. The Balaban J connectivity index is 1.24. The summed E-state index contributed by atoms with van der Waals surface area (Å²) in [4.78, 5) is 39.5. The van der Waals surface area contributed by atoms with E-state index in [9.17, 15) is 4.79 Å². The molecule has 6 rings (SSSR count). The molecule has 2 aliphatic rings. The van der Waals surface area contributed by atoms with Gasteiger partial charge in [0.05, 0.1) is 11.0 Å². The number of para-hydroxylation sites is 2. The number of amides is 1. The van der Waals surface area contributed by atoms with Crippen molar-refractivity contribution in [1.29, 1.82) is 0 Å². The number of carbonyl (C=O) groups is 1. The third kappa shape index (κ3) is 5.26. The quantitative estimate of drug-likeness (QED) is 0.348. The van der Waals surface area contributed by atoms with Gasteiger partial charge in [0.25, 0.3) is 0 Å². The van der Waals surface area contributed by atoms with Crippen LogP contribution in [0.4, 0.5) is 23.5 Å². The highest BCUT2D eigenvalue weighted by Crippen LogP contribution is 2.31. The first kappa shape index (κ1) is 22.7. The second-order valence-corrected chi connectivity index (χ2v) is 10.2. The molecule has 2 aromatic heterocycles. The number of rotatable bonds is 7. The summed E-state index contributed by atoms with van der Waals surface area (Å²) in [5, 5.41) is 6.80. The summed E-state index contributed by atoms with van der Waals surface area (Å²) < 4.78 is 0. The fourth-order valence-corrected chi connectivity index (χ4v) is 4.76. The summed E-state index contributed by atoms with van der Waals surface area (Å²) in [6.07, 6.45) is 1.97. The fourth-order valence-electron chi connectivity index (χ4n) is 4.01. The number of hydrogen-bond donors (Lipinski definition) is 3. The number of imidazole rings is 1. The molecule has 0 bridgehead atoms. The zero-order chi connectivity index (χ0) is 24.5. The number of piperazine rings is 1. The molecule has 2 aromatic carbocycles. The highest BCUT2D eigenvalue weighted by atomic mass is 32.2. The van der Waals surface area contributed by atoms with Crippen molar-refractivity contribution in [3.8, 4) is 0 Å². The van der Waals surface area contributed by atoms with E-state index in [4.69, 9.17) is 9.97 Å². The number of benzene rings is 2. The molecule has 0 radical (unpaired) electrons. The van der Waals surface area contributed by atoms with Crippen LogP contribution in [0.25, 0.3) is 11.0 Å². The van der Waals surface area contributed by atoms with Crippen LogP contribution in [0, 0.1) is 5.92 Å². The van der Waals surface area contributed by atoms with Crippen molar-refractivity contribution in [3.63, 3.8) is 0 Å². The minimum atomic E-state index is 0.103. The van der Waals surface area contributed by atoms with E-state index in [1.807, 2.05) is 48.5 Å². The Bertz CT molecular complexity index is 1350. The van der Waals surface area contributed by atoms with Gasteiger partial charge in [0.2, 0.25) is 23.8 Å². The number of hydrogen-bond acceptors (Lipinski definition) is 9. The molecule has 36 heavy (non-hydrogen) atoms. The van der Waals surface area contributed by atoms with Gasteiger partial charge in [0, 0.05) is 42.7 Å². The number of likely N-dealkylation sites (N-methyl/N-ethyl adjacent to an activating group) is 1. The molecule has 0 spiro atoms. The Morgan fingerprint density at radius 3 is 2.50 bits per heavy atom. The minimum absolute atomic E-state index is 0.103. The van der Waals surface area contributed by atoms with Gasteiger partial charge in [0.15, 0.2) is 5.16 Å². The van der Waals surface area contributed by atoms with Crippen molar-refractivity contribution < 1.29 is 4.79 Å². The third-order valence-electron chi connectivity index (χ3n) is 6.29. The highest BCUT2D eigenvalue weighted by molar-refractivity contribution is 7.99. The van der Waals surface area contributed by atoms with Gasteiger partial charge in [-0.1, -0.05) is 12.1 Å². The fraction of sp³-hybridized carbons (Fsp3) is 0.320. The summed E-state index contributed by atoms with van der Waals surface area (Å²) in [7, 11) is 2.12. The molecular formula is C25H27N9OS. The Morgan fingerprint density at radius 1 is 0.972 bits per heavy atom. The number of nitrogens with zero attached hydrogens (tertiary/aromatic N) is 6. The predicted molar refractivity (Wildman–Crippen MR) is 141 cm³/mol. The van der Waals surface area contributed by atoms with Gasteiger partial charge in [-0.2, -0.15) is 15.0 Å². The molecule has 3 N–H and O–H groups in total. The van der Waals surface area contributed by atoms with Crippen molar-refractivity contribution >= 4 is 52.2 Å². The topological polar surface area (TPSA) is 115 Å². The zero-order valence-corrected chi connectivity index (χ0v) is 20.8. The number of H-pyrrole nitrogens is 1. The molecule has 0 unspecified atom stereocenters. The lowest BCUT2D eigenvalue weighted by Crippen LogP contribution is -2.45. The molecule has 1 aliphatic heterocycles. The first-order valence-electron chi connectivity index (χ1n) is 12.1. The first-order valence-corrected chi connectivity index (χ1v) is 12.9. The smallest absolute Gasteiger partial charge is 0.235 e. The normalized spacial score (nSPS) is 16.3. The predicted octanol–water partition coefficient (Wildman–Crippen LogP) is 3.74. The van der Waals surface area contributed by atoms with Crippen LogP contribution in [0.1, 0.15) is 12.8 Å². The Labute approximate surface area is 212 Å². The maximum absolute atomic E-state index is 12.0. The first-order chi connectivity index (χ1) is 17.6. The van der Waals surface area contributed by atoms with Crippen LogP contribution >= 0.6 is 11.8 Å². The van der Waals surface area contributed by atoms with E-state index in [1.54, 1.807) is 0 Å². The molecule has 1 saturated carbocycles. The van der Waals surface area contributed by atoms with E-state index < -0.39 is 0 Å². The van der Waals surface area contributed by atoms with Gasteiger partial charge in [-0.05, 0) is 68.0 Å². The van der Waals surface area contributed by atoms with Crippen LogP contribution in [0.15, 0.2) is 58.6 Å². The lowest BCUT2D eigenvalue weighted by atomic mass is 10.3. The van der Waals surface area contributed by atoms with Crippen molar-refractivity contribution in [2.24, 2.45) is 5.92 Å². The molecular weight excluding hydrogens is 474 g/mol. The molecule has 4 aromatic rings. The van der Waals surface area contributed by atoms with Crippen LogP contribution in [0.2, 0.25) is 0 Å². The van der Waals surface area contributed by atoms with E-state index in [-0.39, 0.29) is 11.8 Å². The van der Waals surface area contributed by atoms with Crippen molar-refractivity contribution in [3.05, 3.63) is 48.5 Å². The number of anilines is 4. The lowest BCUT2D eigenvalue weighted by Gasteiger charge is -2.32. The summed E-state index contributed by atoms with van der Waals surface area (Å²) in [6.45, 7) is 3.61. The minimum Gasteiger partial charge on any atom is -0.338 e. The van der Waals surface area contributed by atoms with E-state index in [0.717, 1.165) is 60.6 Å². The summed E-state index contributed by atoms with van der Waals surface area (Å²) in [5.74, 6) is 1.95. The number of carbonyl (C=O) groups excluding carboxylic acids is 1. The Morgan fingerprint density at radius 2 is 1.75 bits per heavy atom. The average molecular weight is 502 g/mol. The van der Waals surface area contributed by atoms with Crippen LogP contribution in [0.3, 0.4) is 0 Å². The van der Waals surface area contributed by atoms with Gasteiger partial charge < -0.3 is 20.1 Å². The summed E-state index contributed by atoms with van der Waals surface area (Å²) >= 11 is 1.46. The summed E-state index contributed by atoms with van der Waals surface area (Å²) in [6, 6.07) is 15.6. The number of aromatic nitrogens is 5. The lowest BCUT2D eigenvalue weighted by molar-refractivity contribution is -0.117. The third-order valence-corrected chi connectivity index (χ3v) is 7.16. The second-order valence-electron chi connectivity index (χ2n) is 9.15. The SMILES string of the molecule is CN1CCN(c2nc(Nc3nc4ccccc4[nH]3)nc(Sc3ccc(NC(=O)C4CC4)cc3)n2)CC1. The van der Waals surface area contributed by atoms with Gasteiger partial charge in [-0.3, -0.25) is 10.1 Å². The molecule has 3 heterocycles. The number of aromatic amines is 1. The molecule has 1 amide bonds. The van der Waals surface area contributed by atoms with Gasteiger partial charge >= 0.3 is 0 Å². The van der Waals surface area contributed by atoms with E-state index >= 15 is 0 Å². The van der Waals surface area contributed by atoms with Gasteiger partial charge in [-0.25, -0.2) is 4.98 Å². The molecule has 1 aliphatic carbocycles. The summed E-state index contributed by atoms with van der Waals surface area (Å²) in [5.41, 5.74) is 2.62. The molecule has 0 atom stereocenters. The molecule has 2 fully saturated rings. The van der Waals surface area contributed by atoms with Crippen LogP contribution in [-0.2, 0) is 4.79 Å². The zero-order valence-electron chi connectivity index (χ0n) is 19.9. The molecule has 11 heteroatoms. The van der Waals surface area contributed by atoms with Crippen molar-refractivity contribution in [2.45, 2.75) is 22.9 Å². The maximum Gasteiger partial charge on any atom is 0.235 e. The highest BCUT2D eigenvalue weighted by Gasteiger charge is 2.29. The number of fused-ring (bicyclic) bond motifs is 1. The van der Waals surface area contributed by atoms with E-state index in [0.29, 0.717) is 23.0 Å². The van der Waals surface area contributed by atoms with Crippen molar-refractivity contribution in [2.75, 3.05) is 48.8 Å². The standard InChI is InChI=1S/C25H27N9OS/c1-33-12-14-34(15-13-33)24-30-23(29-22-27-19-4-2-3-5-20(19)28-22)31-25(32-24)36-18-10-8-17(9-11-18)26-21(35)16-6-7-16/h2-5,8-11,16H,6-7,12-15H2,1H3,(H,26,35)(H2,27,28,29,30,31,32). The van der Waals surface area contributed by atoms with E-state index in [1.165, 1.54) is 11.8 Å². The van der Waals surface area contributed by atoms with Crippen LogP contribution in [-0.4, -0.2) is 69.0 Å².